The van der Waals surface area contributed by atoms with E-state index in [1.165, 1.54) is 16.7 Å². The molecule has 0 saturated heterocycles. The number of aryl methyl sites for hydroxylation is 2. The first-order valence-corrected chi connectivity index (χ1v) is 8.78. The van der Waals surface area contributed by atoms with Gasteiger partial charge in [-0.1, -0.05) is 23.8 Å². The molecule has 1 N–H and O–H groups in total. The molecule has 0 fully saturated rings. The van der Waals surface area contributed by atoms with E-state index in [1.54, 1.807) is 31.9 Å². The summed E-state index contributed by atoms with van der Waals surface area (Å²) in [5.41, 5.74) is 6.41. The number of methoxy groups -OCH3 is 1. The van der Waals surface area contributed by atoms with Crippen LogP contribution < -0.4 is 10.1 Å². The van der Waals surface area contributed by atoms with Crippen LogP contribution in [0, 0.1) is 13.8 Å². The highest BCUT2D eigenvalue weighted by Gasteiger charge is 2.12. The number of hydrogen-bond donors (Lipinski definition) is 1. The fourth-order valence-electron chi connectivity index (χ4n) is 3.14. The van der Waals surface area contributed by atoms with Crippen LogP contribution in [0.25, 0.3) is 16.8 Å². The van der Waals surface area contributed by atoms with Crippen molar-refractivity contribution in [1.29, 1.82) is 0 Å². The van der Waals surface area contributed by atoms with Gasteiger partial charge in [-0.3, -0.25) is 4.98 Å². The zero-order valence-corrected chi connectivity index (χ0v) is 15.6. The summed E-state index contributed by atoms with van der Waals surface area (Å²) in [6.07, 6.45) is 7.07. The molecule has 0 radical (unpaired) electrons. The summed E-state index contributed by atoms with van der Waals surface area (Å²) >= 11 is 0. The standard InChI is InChI=1S/C21H21N5O/c1-14-4-5-16(15(2)8-14)11-24-20-6-7-23-21-19(13-25-26(20)21)17-9-18(27-3)12-22-10-17/h4-10,12-13,24H,11H2,1-3H3. The molecule has 0 amide bonds. The fourth-order valence-corrected chi connectivity index (χ4v) is 3.14. The van der Waals surface area contributed by atoms with Crippen molar-refractivity contribution in [3.8, 4) is 16.9 Å². The SMILES string of the molecule is COc1cncc(-c2cnn3c(NCc4ccc(C)cc4C)ccnc23)c1. The predicted molar refractivity (Wildman–Crippen MR) is 106 cm³/mol. The van der Waals surface area contributed by atoms with Gasteiger partial charge in [0.15, 0.2) is 5.65 Å². The minimum absolute atomic E-state index is 0.705. The molecule has 0 saturated carbocycles. The molecule has 6 heteroatoms. The van der Waals surface area contributed by atoms with Gasteiger partial charge in [-0.15, -0.1) is 0 Å². The lowest BCUT2D eigenvalue weighted by atomic mass is 10.1. The van der Waals surface area contributed by atoms with Gasteiger partial charge in [-0.2, -0.15) is 9.61 Å². The molecule has 0 bridgehead atoms. The quantitative estimate of drug-likeness (QED) is 0.583. The van der Waals surface area contributed by atoms with Crippen molar-refractivity contribution in [2.24, 2.45) is 0 Å². The lowest BCUT2D eigenvalue weighted by molar-refractivity contribution is 0.413. The third-order valence-corrected chi connectivity index (χ3v) is 4.62. The van der Waals surface area contributed by atoms with Crippen molar-refractivity contribution >= 4 is 11.5 Å². The van der Waals surface area contributed by atoms with E-state index in [-0.39, 0.29) is 0 Å². The van der Waals surface area contributed by atoms with E-state index in [1.807, 2.05) is 16.6 Å². The summed E-state index contributed by atoms with van der Waals surface area (Å²) < 4.78 is 7.09. The van der Waals surface area contributed by atoms with E-state index < -0.39 is 0 Å². The molecule has 0 aliphatic heterocycles. The van der Waals surface area contributed by atoms with E-state index in [0.717, 1.165) is 29.1 Å². The number of rotatable bonds is 5. The van der Waals surface area contributed by atoms with Crippen molar-refractivity contribution in [3.63, 3.8) is 0 Å². The van der Waals surface area contributed by atoms with Crippen LogP contribution in [-0.4, -0.2) is 26.7 Å². The molecule has 0 aliphatic rings. The van der Waals surface area contributed by atoms with Crippen LogP contribution in [0.4, 0.5) is 5.82 Å². The topological polar surface area (TPSA) is 64.3 Å². The number of ether oxygens (including phenoxy) is 1. The number of nitrogens with one attached hydrogen (secondary N) is 1. The first-order valence-electron chi connectivity index (χ1n) is 8.78. The fraction of sp³-hybridized carbons (Fsp3) is 0.190. The average Bonchev–Trinajstić information content (AvgIpc) is 3.12. The second-order valence-electron chi connectivity index (χ2n) is 6.52. The van der Waals surface area contributed by atoms with Gasteiger partial charge in [-0.25, -0.2) is 4.98 Å². The predicted octanol–water partition coefficient (Wildman–Crippen LogP) is 4.03. The number of pyridine rings is 1. The number of benzene rings is 1. The van der Waals surface area contributed by atoms with E-state index in [9.17, 15) is 0 Å². The van der Waals surface area contributed by atoms with Crippen molar-refractivity contribution in [2.45, 2.75) is 20.4 Å². The molecule has 0 spiro atoms. The third-order valence-electron chi connectivity index (χ3n) is 4.62. The molecular formula is C21H21N5O. The molecule has 0 aliphatic carbocycles. The Hall–Kier alpha value is -3.41. The Balaban J connectivity index is 1.66. The molecule has 0 atom stereocenters. The van der Waals surface area contributed by atoms with Gasteiger partial charge in [0.05, 0.1) is 19.5 Å². The van der Waals surface area contributed by atoms with Crippen LogP contribution >= 0.6 is 0 Å². The van der Waals surface area contributed by atoms with Crippen LogP contribution in [0.5, 0.6) is 5.75 Å². The summed E-state index contributed by atoms with van der Waals surface area (Å²) in [6, 6.07) is 10.3. The highest BCUT2D eigenvalue weighted by molar-refractivity contribution is 5.78. The molecule has 4 rings (SSSR count). The minimum atomic E-state index is 0.705. The molecule has 3 aromatic heterocycles. The zero-order valence-electron chi connectivity index (χ0n) is 15.6. The molecule has 0 unspecified atom stereocenters. The normalized spacial score (nSPS) is 10.9. The summed E-state index contributed by atoms with van der Waals surface area (Å²) in [5.74, 6) is 1.60. The van der Waals surface area contributed by atoms with E-state index in [2.05, 4.69) is 52.4 Å². The number of nitrogens with zero attached hydrogens (tertiary/aromatic N) is 4. The highest BCUT2D eigenvalue weighted by Crippen LogP contribution is 2.27. The van der Waals surface area contributed by atoms with E-state index >= 15 is 0 Å². The summed E-state index contributed by atoms with van der Waals surface area (Å²) in [4.78, 5) is 8.74. The monoisotopic (exact) mass is 359 g/mol. The molecule has 136 valence electrons. The van der Waals surface area contributed by atoms with Gasteiger partial charge in [-0.05, 0) is 37.1 Å². The van der Waals surface area contributed by atoms with E-state index in [0.29, 0.717) is 5.75 Å². The summed E-state index contributed by atoms with van der Waals surface area (Å²) in [7, 11) is 1.63. The van der Waals surface area contributed by atoms with Gasteiger partial charge in [0.25, 0.3) is 0 Å². The smallest absolute Gasteiger partial charge is 0.165 e. The van der Waals surface area contributed by atoms with Crippen molar-refractivity contribution in [2.75, 3.05) is 12.4 Å². The summed E-state index contributed by atoms with van der Waals surface area (Å²) in [5, 5.41) is 7.99. The maximum absolute atomic E-state index is 5.27. The average molecular weight is 359 g/mol. The van der Waals surface area contributed by atoms with Gasteiger partial charge in [0, 0.05) is 30.1 Å². The maximum Gasteiger partial charge on any atom is 0.165 e. The first kappa shape index (κ1) is 17.0. The number of aromatic nitrogens is 4. The Morgan fingerprint density at radius 3 is 2.78 bits per heavy atom. The minimum Gasteiger partial charge on any atom is -0.495 e. The van der Waals surface area contributed by atoms with Crippen LogP contribution in [-0.2, 0) is 6.54 Å². The van der Waals surface area contributed by atoms with Crippen molar-refractivity contribution in [1.82, 2.24) is 19.6 Å². The maximum atomic E-state index is 5.27. The molecule has 3 heterocycles. The molecule has 4 aromatic rings. The zero-order chi connectivity index (χ0) is 18.8. The largest absolute Gasteiger partial charge is 0.495 e. The molecule has 27 heavy (non-hydrogen) atoms. The second kappa shape index (κ2) is 7.07. The van der Waals surface area contributed by atoms with Gasteiger partial charge < -0.3 is 10.1 Å². The molecular weight excluding hydrogens is 338 g/mol. The Morgan fingerprint density at radius 1 is 1.07 bits per heavy atom. The van der Waals surface area contributed by atoms with Crippen LogP contribution in [0.3, 0.4) is 0 Å². The second-order valence-corrected chi connectivity index (χ2v) is 6.52. The Kier molecular flexibility index (Phi) is 4.46. The third kappa shape index (κ3) is 3.33. The van der Waals surface area contributed by atoms with Crippen molar-refractivity contribution in [3.05, 3.63) is 71.8 Å². The number of anilines is 1. The van der Waals surface area contributed by atoms with Crippen molar-refractivity contribution < 1.29 is 4.74 Å². The Labute approximate surface area is 157 Å². The Morgan fingerprint density at radius 2 is 1.96 bits per heavy atom. The van der Waals surface area contributed by atoms with Crippen LogP contribution in [0.2, 0.25) is 0 Å². The van der Waals surface area contributed by atoms with Gasteiger partial charge in [0.1, 0.15) is 11.6 Å². The lowest BCUT2D eigenvalue weighted by Gasteiger charge is -2.11. The molecule has 1 aromatic carbocycles. The Bertz CT molecular complexity index is 1100. The van der Waals surface area contributed by atoms with Gasteiger partial charge >= 0.3 is 0 Å². The molecule has 6 nitrogen and oxygen atoms in total. The lowest BCUT2D eigenvalue weighted by Crippen LogP contribution is -2.06. The first-order chi connectivity index (χ1) is 13.2. The number of fused-ring (bicyclic) bond motifs is 1. The van der Waals surface area contributed by atoms with E-state index in [4.69, 9.17) is 4.74 Å². The van der Waals surface area contributed by atoms with Gasteiger partial charge in [0.2, 0.25) is 0 Å². The highest BCUT2D eigenvalue weighted by atomic mass is 16.5. The van der Waals surface area contributed by atoms with Crippen LogP contribution in [0.15, 0.2) is 55.1 Å². The number of hydrogen-bond acceptors (Lipinski definition) is 5. The summed E-state index contributed by atoms with van der Waals surface area (Å²) in [6.45, 7) is 4.96. The van der Waals surface area contributed by atoms with Crippen LogP contribution in [0.1, 0.15) is 16.7 Å².